The zero-order valence-corrected chi connectivity index (χ0v) is 14.5. The van der Waals surface area contributed by atoms with E-state index in [9.17, 15) is 14.7 Å². The van der Waals surface area contributed by atoms with Crippen LogP contribution >= 0.6 is 23.2 Å². The van der Waals surface area contributed by atoms with Crippen LogP contribution in [0.15, 0.2) is 42.0 Å². The predicted octanol–water partition coefficient (Wildman–Crippen LogP) is 3.40. The lowest BCUT2D eigenvalue weighted by atomic mass is 9.85. The van der Waals surface area contributed by atoms with Crippen molar-refractivity contribution in [2.75, 3.05) is 18.6 Å². The Balaban J connectivity index is 2.10. The van der Waals surface area contributed by atoms with Crippen molar-refractivity contribution in [3.63, 3.8) is 0 Å². The standard InChI is InChI=1S/C17H16Cl2N2O3/c1-20-16(24)21(12-7-8-13(18)14(19)9-12)15(23)17(20,10-22)11-5-3-2-4-6-11/h3,5-9,22H,2,4,10H2,1H3. The van der Waals surface area contributed by atoms with Crippen LogP contribution in [0.3, 0.4) is 0 Å². The lowest BCUT2D eigenvalue weighted by Gasteiger charge is -2.32. The number of aliphatic hydroxyl groups is 1. The summed E-state index contributed by atoms with van der Waals surface area (Å²) in [6.45, 7) is -0.498. The molecule has 1 aromatic rings. The third-order valence-corrected chi connectivity index (χ3v) is 5.21. The Bertz CT molecular complexity index is 775. The van der Waals surface area contributed by atoms with Gasteiger partial charge in [-0.25, -0.2) is 9.69 Å². The number of likely N-dealkylation sites (N-methyl/N-ethyl adjacent to an activating group) is 1. The molecule has 3 rings (SSSR count). The SMILES string of the molecule is CN1C(=O)N(c2ccc(Cl)c(Cl)c2)C(=O)C1(CO)C1=CCCC=C1. The van der Waals surface area contributed by atoms with Crippen LogP contribution in [0.5, 0.6) is 0 Å². The lowest BCUT2D eigenvalue weighted by Crippen LogP contribution is -2.52. The highest BCUT2D eigenvalue weighted by Crippen LogP contribution is 2.39. The third kappa shape index (κ3) is 2.35. The normalized spacial score (nSPS) is 23.9. The van der Waals surface area contributed by atoms with Gasteiger partial charge in [0.2, 0.25) is 0 Å². The highest BCUT2D eigenvalue weighted by Gasteiger charge is 2.57. The Morgan fingerprint density at radius 2 is 1.96 bits per heavy atom. The second-order valence-electron chi connectivity index (χ2n) is 5.74. The molecular weight excluding hydrogens is 351 g/mol. The quantitative estimate of drug-likeness (QED) is 0.833. The summed E-state index contributed by atoms with van der Waals surface area (Å²) < 4.78 is 0. The van der Waals surface area contributed by atoms with E-state index >= 15 is 0 Å². The average molecular weight is 367 g/mol. The molecule has 1 saturated heterocycles. The first kappa shape index (κ1) is 17.0. The molecule has 1 heterocycles. The van der Waals surface area contributed by atoms with Crippen LogP contribution in [-0.2, 0) is 4.79 Å². The molecule has 1 atom stereocenters. The zero-order valence-electron chi connectivity index (χ0n) is 13.0. The smallest absolute Gasteiger partial charge is 0.332 e. The molecule has 1 aliphatic heterocycles. The molecule has 0 saturated carbocycles. The maximum Gasteiger partial charge on any atom is 0.332 e. The number of rotatable bonds is 3. The van der Waals surface area contributed by atoms with Crippen LogP contribution in [-0.4, -0.2) is 41.1 Å². The van der Waals surface area contributed by atoms with Gasteiger partial charge in [0.1, 0.15) is 0 Å². The van der Waals surface area contributed by atoms with Crippen molar-refractivity contribution in [3.05, 3.63) is 52.0 Å². The van der Waals surface area contributed by atoms with Gasteiger partial charge in [0.25, 0.3) is 5.91 Å². The van der Waals surface area contributed by atoms with E-state index in [1.807, 2.05) is 12.2 Å². The number of hydrogen-bond acceptors (Lipinski definition) is 3. The summed E-state index contributed by atoms with van der Waals surface area (Å²) in [6, 6.07) is 4.02. The minimum absolute atomic E-state index is 0.246. The van der Waals surface area contributed by atoms with Gasteiger partial charge in [-0.3, -0.25) is 4.79 Å². The number of benzene rings is 1. The van der Waals surface area contributed by atoms with Gasteiger partial charge in [0.15, 0.2) is 5.54 Å². The second-order valence-corrected chi connectivity index (χ2v) is 6.55. The summed E-state index contributed by atoms with van der Waals surface area (Å²) in [7, 11) is 1.51. The average Bonchev–Trinajstić information content (AvgIpc) is 2.78. The molecule has 7 heteroatoms. The molecule has 0 spiro atoms. The van der Waals surface area contributed by atoms with Gasteiger partial charge in [0.05, 0.1) is 22.3 Å². The summed E-state index contributed by atoms with van der Waals surface area (Å²) in [6.07, 6.45) is 7.24. The molecule has 1 N–H and O–H groups in total. The van der Waals surface area contributed by atoms with E-state index in [0.717, 1.165) is 17.7 Å². The minimum Gasteiger partial charge on any atom is -0.393 e. The predicted molar refractivity (Wildman–Crippen MR) is 93.4 cm³/mol. The maximum atomic E-state index is 13.1. The Morgan fingerprint density at radius 1 is 1.21 bits per heavy atom. The number of nitrogens with zero attached hydrogens (tertiary/aromatic N) is 2. The van der Waals surface area contributed by atoms with Crippen molar-refractivity contribution in [3.8, 4) is 0 Å². The molecule has 0 aromatic heterocycles. The molecule has 5 nitrogen and oxygen atoms in total. The Kier molecular flexibility index (Phi) is 4.42. The fourth-order valence-corrected chi connectivity index (χ4v) is 3.37. The number of urea groups is 1. The highest BCUT2D eigenvalue weighted by molar-refractivity contribution is 6.42. The topological polar surface area (TPSA) is 60.9 Å². The number of aliphatic hydroxyl groups excluding tert-OH is 1. The number of imide groups is 1. The lowest BCUT2D eigenvalue weighted by molar-refractivity contribution is -0.124. The Morgan fingerprint density at radius 3 is 2.54 bits per heavy atom. The van der Waals surface area contributed by atoms with E-state index < -0.39 is 24.1 Å². The zero-order chi connectivity index (χ0) is 17.5. The van der Waals surface area contributed by atoms with Crippen molar-refractivity contribution >= 4 is 40.8 Å². The van der Waals surface area contributed by atoms with Crippen LogP contribution in [0, 0.1) is 0 Å². The molecule has 0 bridgehead atoms. The van der Waals surface area contributed by atoms with E-state index in [1.54, 1.807) is 12.1 Å². The molecule has 24 heavy (non-hydrogen) atoms. The van der Waals surface area contributed by atoms with Gasteiger partial charge in [-0.1, -0.05) is 41.4 Å². The van der Waals surface area contributed by atoms with Gasteiger partial charge in [-0.2, -0.15) is 0 Å². The first-order chi connectivity index (χ1) is 11.4. The molecule has 1 fully saturated rings. The monoisotopic (exact) mass is 366 g/mol. The van der Waals surface area contributed by atoms with Gasteiger partial charge in [-0.15, -0.1) is 0 Å². The molecule has 1 unspecified atom stereocenters. The van der Waals surface area contributed by atoms with Crippen LogP contribution in [0.2, 0.25) is 10.0 Å². The number of carbonyl (C=O) groups excluding carboxylic acids is 2. The van der Waals surface area contributed by atoms with Crippen LogP contribution in [0.4, 0.5) is 10.5 Å². The summed E-state index contributed by atoms with van der Waals surface area (Å²) in [5.41, 5.74) is -0.471. The number of anilines is 1. The second kappa shape index (κ2) is 6.24. The first-order valence-electron chi connectivity index (χ1n) is 7.49. The molecule has 126 valence electrons. The third-order valence-electron chi connectivity index (χ3n) is 4.47. The number of halogens is 2. The van der Waals surface area contributed by atoms with Crippen LogP contribution in [0.25, 0.3) is 0 Å². The van der Waals surface area contributed by atoms with E-state index in [0.29, 0.717) is 16.3 Å². The fourth-order valence-electron chi connectivity index (χ4n) is 3.08. The van der Waals surface area contributed by atoms with Crippen molar-refractivity contribution in [2.45, 2.75) is 18.4 Å². The highest BCUT2D eigenvalue weighted by atomic mass is 35.5. The van der Waals surface area contributed by atoms with Gasteiger partial charge < -0.3 is 10.0 Å². The number of allylic oxidation sites excluding steroid dienone is 2. The number of hydrogen-bond donors (Lipinski definition) is 1. The summed E-state index contributed by atoms with van der Waals surface area (Å²) in [5.74, 6) is -0.506. The fraction of sp³-hybridized carbons (Fsp3) is 0.294. The maximum absolute atomic E-state index is 13.1. The summed E-state index contributed by atoms with van der Waals surface area (Å²) in [4.78, 5) is 28.2. The van der Waals surface area contributed by atoms with Gasteiger partial charge in [-0.05, 0) is 36.6 Å². The van der Waals surface area contributed by atoms with Crippen molar-refractivity contribution in [1.29, 1.82) is 0 Å². The van der Waals surface area contributed by atoms with E-state index in [4.69, 9.17) is 23.2 Å². The molecule has 3 amide bonds. The van der Waals surface area contributed by atoms with Crippen molar-refractivity contribution in [1.82, 2.24) is 4.90 Å². The molecule has 2 aliphatic rings. The first-order valence-corrected chi connectivity index (χ1v) is 8.24. The van der Waals surface area contributed by atoms with Crippen LogP contribution in [0.1, 0.15) is 12.8 Å². The van der Waals surface area contributed by atoms with Gasteiger partial charge in [0, 0.05) is 7.05 Å². The summed E-state index contributed by atoms with van der Waals surface area (Å²) >= 11 is 11.9. The van der Waals surface area contributed by atoms with Crippen LogP contribution < -0.4 is 4.90 Å². The molecule has 1 aromatic carbocycles. The molecule has 0 radical (unpaired) electrons. The van der Waals surface area contributed by atoms with E-state index in [2.05, 4.69) is 0 Å². The largest absolute Gasteiger partial charge is 0.393 e. The van der Waals surface area contributed by atoms with Crippen molar-refractivity contribution in [2.24, 2.45) is 0 Å². The summed E-state index contributed by atoms with van der Waals surface area (Å²) in [5, 5.41) is 10.6. The Hall–Kier alpha value is -1.82. The Labute approximate surface area is 149 Å². The number of carbonyl (C=O) groups is 2. The van der Waals surface area contributed by atoms with E-state index in [1.165, 1.54) is 24.1 Å². The number of amides is 3. The molecular formula is C17H16Cl2N2O3. The van der Waals surface area contributed by atoms with Gasteiger partial charge >= 0.3 is 6.03 Å². The minimum atomic E-state index is -1.42. The van der Waals surface area contributed by atoms with E-state index in [-0.39, 0.29) is 5.02 Å². The molecule has 1 aliphatic carbocycles. The van der Waals surface area contributed by atoms with Crippen molar-refractivity contribution < 1.29 is 14.7 Å².